The number of hydrogen-bond acceptors (Lipinski definition) is 11. The van der Waals surface area contributed by atoms with E-state index in [-0.39, 0.29) is 13.0 Å². The molecule has 1 fully saturated rings. The average Bonchev–Trinajstić information content (AvgIpc) is 3.27. The maximum atomic E-state index is 12.8. The summed E-state index contributed by atoms with van der Waals surface area (Å²) in [5.74, 6) is -0.491. The van der Waals surface area contributed by atoms with Gasteiger partial charge in [0.15, 0.2) is 0 Å². The Kier molecular flexibility index (Phi) is 37.4. The molecule has 13 heteroatoms. The fourth-order valence-corrected chi connectivity index (χ4v) is 7.98. The highest BCUT2D eigenvalue weighted by atomic mass is 31.2. The van der Waals surface area contributed by atoms with Gasteiger partial charge in [0.2, 0.25) is 0 Å². The summed E-state index contributed by atoms with van der Waals surface area (Å²) >= 11 is 0. The second-order valence-electron chi connectivity index (χ2n) is 16.6. The second kappa shape index (κ2) is 40.1. The van der Waals surface area contributed by atoms with Crippen LogP contribution in [0.15, 0.2) is 72.9 Å². The minimum atomic E-state index is -5.03. The van der Waals surface area contributed by atoms with Gasteiger partial charge >= 0.3 is 13.8 Å². The second-order valence-corrected chi connectivity index (χ2v) is 18.0. The lowest BCUT2D eigenvalue weighted by molar-refractivity contribution is -0.220. The molecule has 1 aliphatic rings. The molecule has 0 radical (unpaired) electrons. The summed E-state index contributed by atoms with van der Waals surface area (Å²) in [6, 6.07) is 0. The van der Waals surface area contributed by atoms with Crippen molar-refractivity contribution in [2.45, 2.75) is 217 Å². The van der Waals surface area contributed by atoms with E-state index in [0.29, 0.717) is 13.0 Å². The molecule has 6 N–H and O–H groups in total. The van der Waals surface area contributed by atoms with Gasteiger partial charge in [0.05, 0.1) is 13.2 Å². The monoisotopic (exact) mass is 911 g/mol. The van der Waals surface area contributed by atoms with E-state index in [1.54, 1.807) is 0 Å². The lowest BCUT2D eigenvalue weighted by Gasteiger charge is -2.41. The average molecular weight is 911 g/mol. The zero-order valence-electron chi connectivity index (χ0n) is 38.8. The molecule has 0 bridgehead atoms. The number of allylic oxidation sites excluding steroid dienone is 12. The molecule has 0 heterocycles. The van der Waals surface area contributed by atoms with Crippen LogP contribution in [0.2, 0.25) is 0 Å². The summed E-state index contributed by atoms with van der Waals surface area (Å²) in [7, 11) is -5.03. The quantitative estimate of drug-likeness (QED) is 0.0148. The first-order chi connectivity index (χ1) is 30.5. The minimum absolute atomic E-state index is 0.101. The van der Waals surface area contributed by atoms with Crippen LogP contribution in [0.1, 0.15) is 174 Å². The smallest absolute Gasteiger partial charge is 0.457 e. The van der Waals surface area contributed by atoms with E-state index in [4.69, 9.17) is 18.5 Å². The summed E-state index contributed by atoms with van der Waals surface area (Å²) in [6.45, 7) is 4.07. The molecular formula is C50H87O12P. The molecular weight excluding hydrogens is 824 g/mol. The number of phosphoric acid groups is 1. The van der Waals surface area contributed by atoms with E-state index < -0.39 is 63.1 Å². The lowest BCUT2D eigenvalue weighted by atomic mass is 9.85. The van der Waals surface area contributed by atoms with E-state index >= 15 is 0 Å². The number of carbonyl (C=O) groups is 1. The van der Waals surface area contributed by atoms with Gasteiger partial charge in [-0.25, -0.2) is 4.57 Å². The summed E-state index contributed by atoms with van der Waals surface area (Å²) in [5, 5.41) is 50.2. The maximum absolute atomic E-state index is 12.8. The van der Waals surface area contributed by atoms with E-state index in [1.165, 1.54) is 64.2 Å². The predicted octanol–water partition coefficient (Wildman–Crippen LogP) is 10.4. The molecule has 364 valence electrons. The number of rotatable bonds is 40. The summed E-state index contributed by atoms with van der Waals surface area (Å²) < 4.78 is 34.2. The molecule has 1 rings (SSSR count). The molecule has 63 heavy (non-hydrogen) atoms. The van der Waals surface area contributed by atoms with Crippen molar-refractivity contribution in [3.63, 3.8) is 0 Å². The fraction of sp³-hybridized carbons (Fsp3) is 0.740. The van der Waals surface area contributed by atoms with Crippen molar-refractivity contribution in [1.82, 2.24) is 0 Å². The number of aliphatic hydroxyl groups excluding tert-OH is 5. The van der Waals surface area contributed by atoms with Crippen molar-refractivity contribution in [1.29, 1.82) is 0 Å². The Bertz CT molecular complexity index is 1310. The molecule has 0 spiro atoms. The molecule has 6 atom stereocenters. The van der Waals surface area contributed by atoms with Gasteiger partial charge in [0.25, 0.3) is 0 Å². The fourth-order valence-electron chi connectivity index (χ4n) is 7.01. The summed E-state index contributed by atoms with van der Waals surface area (Å²) in [4.78, 5) is 23.2. The van der Waals surface area contributed by atoms with Crippen LogP contribution in [-0.4, -0.2) is 98.9 Å². The van der Waals surface area contributed by atoms with Gasteiger partial charge in [-0.3, -0.25) is 13.8 Å². The lowest BCUT2D eigenvalue weighted by Crippen LogP contribution is -2.64. The molecule has 0 aromatic rings. The maximum Gasteiger partial charge on any atom is 0.472 e. The molecule has 0 saturated heterocycles. The molecule has 1 aliphatic carbocycles. The number of unbranched alkanes of at least 4 members (excludes halogenated alkanes) is 16. The predicted molar refractivity (Wildman–Crippen MR) is 253 cm³/mol. The van der Waals surface area contributed by atoms with E-state index in [9.17, 15) is 39.8 Å². The van der Waals surface area contributed by atoms with Gasteiger partial charge in [-0.1, -0.05) is 177 Å². The van der Waals surface area contributed by atoms with Crippen LogP contribution >= 0.6 is 7.82 Å². The van der Waals surface area contributed by atoms with Gasteiger partial charge in [0.1, 0.15) is 42.7 Å². The van der Waals surface area contributed by atoms with Crippen LogP contribution in [-0.2, 0) is 27.9 Å². The highest BCUT2D eigenvalue weighted by Gasteiger charge is 2.51. The first-order valence-corrected chi connectivity index (χ1v) is 25.8. The molecule has 0 amide bonds. The first kappa shape index (κ1) is 58.8. The number of hydrogen-bond donors (Lipinski definition) is 6. The van der Waals surface area contributed by atoms with Crippen molar-refractivity contribution in [2.75, 3.05) is 19.8 Å². The summed E-state index contributed by atoms with van der Waals surface area (Å²) in [6.07, 6.45) is 39.7. The van der Waals surface area contributed by atoms with Gasteiger partial charge in [-0.05, 0) is 64.2 Å². The van der Waals surface area contributed by atoms with Gasteiger partial charge < -0.3 is 39.9 Å². The SMILES string of the molecule is CC/C=C\C/C=C\C/C=C\C/C=C\C/C=C\C/C=C\CCCCCOCC(COP(=O)(O)OC1C(O)C(O)C(O)C(O)C1O)OC(=O)CCCCCCCCCCCCCCCC. The third-order valence-electron chi connectivity index (χ3n) is 10.8. The van der Waals surface area contributed by atoms with Gasteiger partial charge in [0, 0.05) is 13.0 Å². The Morgan fingerprint density at radius 2 is 0.937 bits per heavy atom. The highest BCUT2D eigenvalue weighted by molar-refractivity contribution is 7.47. The zero-order chi connectivity index (χ0) is 46.2. The first-order valence-electron chi connectivity index (χ1n) is 24.3. The van der Waals surface area contributed by atoms with Crippen LogP contribution in [0.25, 0.3) is 0 Å². The molecule has 0 aromatic carbocycles. The standard InChI is InChI=1S/C50H87O12P/c1-3-5-7-9-11-13-15-17-19-20-21-22-23-24-25-26-28-30-32-34-36-38-40-59-41-43(42-60-63(57,58)62-50-48(55)46(53)45(52)47(54)49(50)56)61-44(51)39-37-35-33-31-29-27-18-16-14-12-10-8-6-4-2/h5,7,11,13,17,19,21-22,24-25,28,30,43,45-50,52-56H,3-4,6,8-10,12,14-16,18,20,23,26-27,29,31-42H2,1-2H3,(H,57,58)/b7-5-,13-11-,19-17-,22-21-,25-24-,30-28-. The van der Waals surface area contributed by atoms with E-state index in [0.717, 1.165) is 83.5 Å². The van der Waals surface area contributed by atoms with Crippen LogP contribution in [0, 0.1) is 0 Å². The van der Waals surface area contributed by atoms with Gasteiger partial charge in [-0.2, -0.15) is 0 Å². The van der Waals surface area contributed by atoms with E-state index in [2.05, 4.69) is 86.8 Å². The Balaban J connectivity index is 2.40. The van der Waals surface area contributed by atoms with Crippen molar-refractivity contribution in [3.05, 3.63) is 72.9 Å². The number of phosphoric ester groups is 1. The highest BCUT2D eigenvalue weighted by Crippen LogP contribution is 2.47. The van der Waals surface area contributed by atoms with Crippen LogP contribution < -0.4 is 0 Å². The normalized spacial score (nSPS) is 22.5. The third kappa shape index (κ3) is 32.2. The topological polar surface area (TPSA) is 192 Å². The van der Waals surface area contributed by atoms with Crippen LogP contribution in [0.3, 0.4) is 0 Å². The van der Waals surface area contributed by atoms with Crippen molar-refractivity contribution in [2.24, 2.45) is 0 Å². The zero-order valence-corrected chi connectivity index (χ0v) is 39.7. The number of esters is 1. The van der Waals surface area contributed by atoms with Crippen molar-refractivity contribution < 1.29 is 58.3 Å². The minimum Gasteiger partial charge on any atom is -0.457 e. The summed E-state index contributed by atoms with van der Waals surface area (Å²) in [5.41, 5.74) is 0. The Morgan fingerprint density at radius 3 is 1.41 bits per heavy atom. The Hall–Kier alpha value is -2.22. The molecule has 1 saturated carbocycles. The molecule has 0 aliphatic heterocycles. The molecule has 6 unspecified atom stereocenters. The number of ether oxygens (including phenoxy) is 2. The van der Waals surface area contributed by atoms with Crippen LogP contribution in [0.4, 0.5) is 0 Å². The van der Waals surface area contributed by atoms with Gasteiger partial charge in [-0.15, -0.1) is 0 Å². The number of carbonyl (C=O) groups excluding carboxylic acids is 1. The molecule has 0 aromatic heterocycles. The third-order valence-corrected chi connectivity index (χ3v) is 11.8. The van der Waals surface area contributed by atoms with Crippen molar-refractivity contribution in [3.8, 4) is 0 Å². The Labute approximate surface area is 380 Å². The van der Waals surface area contributed by atoms with Crippen LogP contribution in [0.5, 0.6) is 0 Å². The largest absolute Gasteiger partial charge is 0.472 e. The van der Waals surface area contributed by atoms with E-state index in [1.807, 2.05) is 0 Å². The van der Waals surface area contributed by atoms with Crippen molar-refractivity contribution >= 4 is 13.8 Å². The number of aliphatic hydroxyl groups is 5. The Morgan fingerprint density at radius 1 is 0.524 bits per heavy atom. The molecule has 12 nitrogen and oxygen atoms in total.